The fourth-order valence-electron chi connectivity index (χ4n) is 2.23. The molecule has 0 spiro atoms. The monoisotopic (exact) mass is 307 g/mol. The molecule has 1 aromatic heterocycles. The van der Waals surface area contributed by atoms with Crippen LogP contribution in [0.2, 0.25) is 10.0 Å². The third kappa shape index (κ3) is 2.26. The van der Waals surface area contributed by atoms with E-state index in [-0.39, 0.29) is 6.04 Å². The van der Waals surface area contributed by atoms with Crippen LogP contribution in [0, 0.1) is 0 Å². The van der Waals surface area contributed by atoms with E-state index in [0.717, 1.165) is 31.3 Å². The Kier molecular flexibility index (Phi) is 3.50. The molecule has 1 heterocycles. The van der Waals surface area contributed by atoms with Gasteiger partial charge in [0.25, 0.3) is 0 Å². The van der Waals surface area contributed by atoms with Gasteiger partial charge in [-0.25, -0.2) is 0 Å². The molecule has 2 N–H and O–H groups in total. The predicted octanol–water partition coefficient (Wildman–Crippen LogP) is 5.26. The zero-order valence-electron chi connectivity index (χ0n) is 9.94. The average Bonchev–Trinajstić information content (AvgIpc) is 2.85. The number of hydrogen-bond donors (Lipinski definition) is 1. The molecule has 0 aliphatic carbocycles. The molecule has 1 unspecified atom stereocenters. The van der Waals surface area contributed by atoms with E-state index in [2.05, 4.69) is 0 Å². The molecule has 1 nitrogen and oxygen atoms in total. The lowest BCUT2D eigenvalue weighted by molar-refractivity contribution is 0.904. The molecule has 0 saturated heterocycles. The summed E-state index contributed by atoms with van der Waals surface area (Å²) in [5, 5.41) is 5.51. The SMILES string of the molecule is NC(c1sccc1Cl)c1ccc(Cl)c2ccccc12. The van der Waals surface area contributed by atoms with Crippen LogP contribution in [0.1, 0.15) is 16.5 Å². The zero-order valence-corrected chi connectivity index (χ0v) is 12.3. The van der Waals surface area contributed by atoms with Gasteiger partial charge in [-0.3, -0.25) is 0 Å². The smallest absolute Gasteiger partial charge is 0.0667 e. The van der Waals surface area contributed by atoms with E-state index in [1.165, 1.54) is 0 Å². The zero-order chi connectivity index (χ0) is 13.4. The first-order valence-corrected chi connectivity index (χ1v) is 7.47. The average molecular weight is 308 g/mol. The molecule has 0 aliphatic rings. The maximum absolute atomic E-state index is 6.36. The lowest BCUT2D eigenvalue weighted by Gasteiger charge is -2.14. The van der Waals surface area contributed by atoms with Crippen molar-refractivity contribution in [2.24, 2.45) is 5.73 Å². The van der Waals surface area contributed by atoms with Crippen molar-refractivity contribution in [1.29, 1.82) is 0 Å². The summed E-state index contributed by atoms with van der Waals surface area (Å²) in [6, 6.07) is 13.5. The number of thiophene rings is 1. The molecule has 0 bridgehead atoms. The maximum atomic E-state index is 6.36. The van der Waals surface area contributed by atoms with Crippen molar-refractivity contribution in [3.63, 3.8) is 0 Å². The highest BCUT2D eigenvalue weighted by atomic mass is 35.5. The second-order valence-corrected chi connectivity index (χ2v) is 6.05. The lowest BCUT2D eigenvalue weighted by atomic mass is 9.98. The summed E-state index contributed by atoms with van der Waals surface area (Å²) < 4.78 is 0. The van der Waals surface area contributed by atoms with Gasteiger partial charge in [0.2, 0.25) is 0 Å². The largest absolute Gasteiger partial charge is 0.320 e. The summed E-state index contributed by atoms with van der Waals surface area (Å²) in [5.74, 6) is 0. The Hall–Kier alpha value is -1.06. The second-order valence-electron chi connectivity index (χ2n) is 4.29. The van der Waals surface area contributed by atoms with E-state index in [9.17, 15) is 0 Å². The van der Waals surface area contributed by atoms with Crippen molar-refractivity contribution in [2.75, 3.05) is 0 Å². The topological polar surface area (TPSA) is 26.0 Å². The van der Waals surface area contributed by atoms with Crippen LogP contribution in [0.15, 0.2) is 47.8 Å². The number of halogens is 2. The van der Waals surface area contributed by atoms with E-state index in [4.69, 9.17) is 28.9 Å². The summed E-state index contributed by atoms with van der Waals surface area (Å²) in [5.41, 5.74) is 7.41. The van der Waals surface area contributed by atoms with Gasteiger partial charge in [0, 0.05) is 15.3 Å². The quantitative estimate of drug-likeness (QED) is 0.687. The lowest BCUT2D eigenvalue weighted by Crippen LogP contribution is -2.11. The summed E-state index contributed by atoms with van der Waals surface area (Å²) in [6.07, 6.45) is 0. The number of fused-ring (bicyclic) bond motifs is 1. The Labute approximate surface area is 125 Å². The van der Waals surface area contributed by atoms with Crippen LogP contribution in [-0.2, 0) is 0 Å². The Morgan fingerprint density at radius 2 is 1.63 bits per heavy atom. The molecular weight excluding hydrogens is 297 g/mol. The number of benzene rings is 2. The summed E-state index contributed by atoms with van der Waals surface area (Å²) >= 11 is 14.0. The van der Waals surface area contributed by atoms with Crippen LogP contribution in [0.3, 0.4) is 0 Å². The van der Waals surface area contributed by atoms with Crippen molar-refractivity contribution in [3.8, 4) is 0 Å². The fraction of sp³-hybridized carbons (Fsp3) is 0.0667. The minimum absolute atomic E-state index is 0.227. The molecule has 3 aromatic rings. The third-order valence-electron chi connectivity index (χ3n) is 3.17. The van der Waals surface area contributed by atoms with Crippen LogP contribution in [0.5, 0.6) is 0 Å². The van der Waals surface area contributed by atoms with Crippen molar-refractivity contribution in [1.82, 2.24) is 0 Å². The van der Waals surface area contributed by atoms with E-state index in [0.29, 0.717) is 0 Å². The minimum Gasteiger partial charge on any atom is -0.320 e. The molecule has 0 saturated carbocycles. The molecule has 4 heteroatoms. The van der Waals surface area contributed by atoms with Crippen LogP contribution in [0.25, 0.3) is 10.8 Å². The summed E-state index contributed by atoms with van der Waals surface area (Å²) in [6.45, 7) is 0. The minimum atomic E-state index is -0.227. The van der Waals surface area contributed by atoms with Gasteiger partial charge in [-0.2, -0.15) is 0 Å². The molecule has 2 aromatic carbocycles. The molecular formula is C15H11Cl2NS. The van der Waals surface area contributed by atoms with Crippen molar-refractivity contribution < 1.29 is 0 Å². The highest BCUT2D eigenvalue weighted by Crippen LogP contribution is 2.36. The van der Waals surface area contributed by atoms with E-state index in [1.54, 1.807) is 11.3 Å². The molecule has 3 rings (SSSR count). The number of hydrogen-bond acceptors (Lipinski definition) is 2. The molecule has 96 valence electrons. The van der Waals surface area contributed by atoms with Gasteiger partial charge in [0.1, 0.15) is 0 Å². The predicted molar refractivity (Wildman–Crippen MR) is 84.3 cm³/mol. The highest BCUT2D eigenvalue weighted by Gasteiger charge is 2.17. The van der Waals surface area contributed by atoms with Gasteiger partial charge in [-0.05, 0) is 28.5 Å². The Bertz CT molecular complexity index is 736. The Morgan fingerprint density at radius 3 is 2.32 bits per heavy atom. The first-order chi connectivity index (χ1) is 9.18. The van der Waals surface area contributed by atoms with Crippen molar-refractivity contribution in [3.05, 3.63) is 68.3 Å². The molecule has 1 atom stereocenters. The highest BCUT2D eigenvalue weighted by molar-refractivity contribution is 7.10. The summed E-state index contributed by atoms with van der Waals surface area (Å²) in [4.78, 5) is 0.981. The second kappa shape index (κ2) is 5.14. The van der Waals surface area contributed by atoms with Crippen LogP contribution in [-0.4, -0.2) is 0 Å². The van der Waals surface area contributed by atoms with Gasteiger partial charge in [-0.15, -0.1) is 11.3 Å². The van der Waals surface area contributed by atoms with Crippen molar-refractivity contribution in [2.45, 2.75) is 6.04 Å². The molecule has 19 heavy (non-hydrogen) atoms. The molecule has 0 radical (unpaired) electrons. The third-order valence-corrected chi connectivity index (χ3v) is 4.94. The maximum Gasteiger partial charge on any atom is 0.0667 e. The van der Waals surface area contributed by atoms with E-state index in [1.807, 2.05) is 47.8 Å². The first-order valence-electron chi connectivity index (χ1n) is 5.84. The molecule has 0 aliphatic heterocycles. The summed E-state index contributed by atoms with van der Waals surface area (Å²) in [7, 11) is 0. The van der Waals surface area contributed by atoms with Crippen LogP contribution >= 0.6 is 34.5 Å². The van der Waals surface area contributed by atoms with Crippen molar-refractivity contribution >= 4 is 45.3 Å². The molecule has 0 fully saturated rings. The van der Waals surface area contributed by atoms with Gasteiger partial charge >= 0.3 is 0 Å². The first kappa shape index (κ1) is 12.9. The number of rotatable bonds is 2. The van der Waals surface area contributed by atoms with Gasteiger partial charge in [0.05, 0.1) is 11.1 Å². The van der Waals surface area contributed by atoms with Gasteiger partial charge < -0.3 is 5.73 Å². The molecule has 0 amide bonds. The van der Waals surface area contributed by atoms with E-state index >= 15 is 0 Å². The standard InChI is InChI=1S/C15H11Cl2NS/c16-12-6-5-11(9-3-1-2-4-10(9)12)14(18)15-13(17)7-8-19-15/h1-8,14H,18H2. The number of nitrogens with two attached hydrogens (primary N) is 1. The van der Waals surface area contributed by atoms with Crippen LogP contribution in [0.4, 0.5) is 0 Å². The van der Waals surface area contributed by atoms with Crippen LogP contribution < -0.4 is 5.73 Å². The van der Waals surface area contributed by atoms with E-state index < -0.39 is 0 Å². The van der Waals surface area contributed by atoms with Gasteiger partial charge in [-0.1, -0.05) is 53.5 Å². The fourth-order valence-corrected chi connectivity index (χ4v) is 3.65. The van der Waals surface area contributed by atoms with Gasteiger partial charge in [0.15, 0.2) is 0 Å². The Morgan fingerprint density at radius 1 is 0.895 bits per heavy atom. The normalized spacial score (nSPS) is 12.8. The Balaban J connectivity index is 2.21.